The minimum atomic E-state index is -3.70. The number of nitrogens with zero attached hydrogens (tertiary/aromatic N) is 1. The Morgan fingerprint density at radius 2 is 1.63 bits per heavy atom. The fraction of sp³-hybridized carbons (Fsp3) is 0.316. The van der Waals surface area contributed by atoms with Gasteiger partial charge in [0, 0.05) is 7.05 Å². The van der Waals surface area contributed by atoms with E-state index in [1.807, 2.05) is 6.92 Å². The monoisotopic (exact) mass is 392 g/mol. The highest BCUT2D eigenvalue weighted by Crippen LogP contribution is 2.17. The molecule has 0 heterocycles. The lowest BCUT2D eigenvalue weighted by Crippen LogP contribution is -2.39. The van der Waals surface area contributed by atoms with Crippen LogP contribution in [0.1, 0.15) is 5.56 Å². The molecule has 0 unspecified atom stereocenters. The first kappa shape index (κ1) is 20.7. The Morgan fingerprint density at radius 1 is 1.04 bits per heavy atom. The Balaban J connectivity index is 1.78. The number of benzene rings is 2. The van der Waals surface area contributed by atoms with Crippen molar-refractivity contribution in [1.29, 1.82) is 0 Å². The quantitative estimate of drug-likeness (QED) is 0.658. The predicted octanol–water partition coefficient (Wildman–Crippen LogP) is 1.82. The molecule has 0 spiro atoms. The van der Waals surface area contributed by atoms with Crippen LogP contribution < -0.4 is 14.8 Å². The van der Waals surface area contributed by atoms with Crippen molar-refractivity contribution in [3.8, 4) is 11.5 Å². The number of carbonyl (C=O) groups excluding carboxylic acids is 1. The molecule has 27 heavy (non-hydrogen) atoms. The van der Waals surface area contributed by atoms with E-state index in [0.29, 0.717) is 5.75 Å². The number of nitrogens with one attached hydrogen (secondary N) is 1. The Bertz CT molecular complexity index is 849. The van der Waals surface area contributed by atoms with Crippen LogP contribution in [0, 0.1) is 6.92 Å². The topological polar surface area (TPSA) is 84.9 Å². The molecule has 2 rings (SSSR count). The SMILES string of the molecule is COc1ccc(OCCNC(=O)CN(C)S(=O)(=O)c2ccc(C)cc2)cc1. The first-order valence-corrected chi connectivity index (χ1v) is 9.83. The van der Waals surface area contributed by atoms with Gasteiger partial charge in [0.1, 0.15) is 18.1 Å². The highest BCUT2D eigenvalue weighted by Gasteiger charge is 2.22. The average Bonchev–Trinajstić information content (AvgIpc) is 2.66. The summed E-state index contributed by atoms with van der Waals surface area (Å²) in [5, 5.41) is 2.64. The number of amides is 1. The lowest BCUT2D eigenvalue weighted by Gasteiger charge is -2.17. The summed E-state index contributed by atoms with van der Waals surface area (Å²) in [5.41, 5.74) is 0.964. The molecular formula is C19H24N2O5S. The molecule has 0 fully saturated rings. The van der Waals surface area contributed by atoms with Gasteiger partial charge >= 0.3 is 0 Å². The second-order valence-electron chi connectivity index (χ2n) is 5.95. The van der Waals surface area contributed by atoms with Gasteiger partial charge in [0.15, 0.2) is 0 Å². The zero-order valence-corrected chi connectivity index (χ0v) is 16.5. The molecular weight excluding hydrogens is 368 g/mol. The first-order valence-electron chi connectivity index (χ1n) is 8.39. The Kier molecular flexibility index (Phi) is 7.20. The van der Waals surface area contributed by atoms with E-state index in [0.717, 1.165) is 15.6 Å². The zero-order chi connectivity index (χ0) is 19.9. The molecule has 0 aliphatic rings. The second kappa shape index (κ2) is 9.38. The van der Waals surface area contributed by atoms with E-state index >= 15 is 0 Å². The van der Waals surface area contributed by atoms with Crippen molar-refractivity contribution in [3.63, 3.8) is 0 Å². The minimum Gasteiger partial charge on any atom is -0.497 e. The van der Waals surface area contributed by atoms with Gasteiger partial charge in [-0.2, -0.15) is 4.31 Å². The van der Waals surface area contributed by atoms with Gasteiger partial charge in [0.05, 0.1) is 25.1 Å². The van der Waals surface area contributed by atoms with Crippen LogP contribution in [0.25, 0.3) is 0 Å². The van der Waals surface area contributed by atoms with E-state index in [1.54, 1.807) is 43.5 Å². The first-order chi connectivity index (χ1) is 12.8. The number of sulfonamides is 1. The molecule has 0 aliphatic heterocycles. The Hall–Kier alpha value is -2.58. The van der Waals surface area contributed by atoms with E-state index in [-0.39, 0.29) is 24.6 Å². The van der Waals surface area contributed by atoms with Gasteiger partial charge in [0.25, 0.3) is 0 Å². The zero-order valence-electron chi connectivity index (χ0n) is 15.6. The van der Waals surface area contributed by atoms with Gasteiger partial charge < -0.3 is 14.8 Å². The van der Waals surface area contributed by atoms with Crippen molar-refractivity contribution in [2.75, 3.05) is 33.9 Å². The number of ether oxygens (including phenoxy) is 2. The largest absolute Gasteiger partial charge is 0.497 e. The molecule has 0 aliphatic carbocycles. The highest BCUT2D eigenvalue weighted by molar-refractivity contribution is 7.89. The van der Waals surface area contributed by atoms with Crippen molar-refractivity contribution in [2.45, 2.75) is 11.8 Å². The maximum atomic E-state index is 12.5. The van der Waals surface area contributed by atoms with Crippen LogP contribution in [0.3, 0.4) is 0 Å². The molecule has 0 saturated carbocycles. The second-order valence-corrected chi connectivity index (χ2v) is 7.99. The smallest absolute Gasteiger partial charge is 0.243 e. The third-order valence-electron chi connectivity index (χ3n) is 3.85. The summed E-state index contributed by atoms with van der Waals surface area (Å²) in [6, 6.07) is 13.6. The van der Waals surface area contributed by atoms with Crippen LogP contribution in [0.15, 0.2) is 53.4 Å². The van der Waals surface area contributed by atoms with Crippen molar-refractivity contribution in [1.82, 2.24) is 9.62 Å². The lowest BCUT2D eigenvalue weighted by atomic mass is 10.2. The summed E-state index contributed by atoms with van der Waals surface area (Å²) in [7, 11) is -0.739. The summed E-state index contributed by atoms with van der Waals surface area (Å²) < 4.78 is 36.5. The standard InChI is InChI=1S/C19H24N2O5S/c1-15-4-10-18(11-5-15)27(23,24)21(2)14-19(22)20-12-13-26-17-8-6-16(25-3)7-9-17/h4-11H,12-14H2,1-3H3,(H,20,22). The third-order valence-corrected chi connectivity index (χ3v) is 5.67. The maximum absolute atomic E-state index is 12.5. The molecule has 2 aromatic carbocycles. The Morgan fingerprint density at radius 3 is 2.22 bits per heavy atom. The third kappa shape index (κ3) is 5.97. The van der Waals surface area contributed by atoms with Crippen LogP contribution in [0.5, 0.6) is 11.5 Å². The van der Waals surface area contributed by atoms with Gasteiger partial charge in [-0.3, -0.25) is 4.79 Å². The molecule has 1 N–H and O–H groups in total. The van der Waals surface area contributed by atoms with Gasteiger partial charge in [-0.05, 0) is 43.3 Å². The van der Waals surface area contributed by atoms with E-state index in [1.165, 1.54) is 19.2 Å². The molecule has 1 amide bonds. The summed E-state index contributed by atoms with van der Waals surface area (Å²) >= 11 is 0. The lowest BCUT2D eigenvalue weighted by molar-refractivity contribution is -0.121. The minimum absolute atomic E-state index is 0.159. The maximum Gasteiger partial charge on any atom is 0.243 e. The summed E-state index contributed by atoms with van der Waals surface area (Å²) in [6.45, 7) is 2.15. The van der Waals surface area contributed by atoms with Gasteiger partial charge in [-0.1, -0.05) is 17.7 Å². The van der Waals surface area contributed by atoms with Crippen molar-refractivity contribution in [3.05, 3.63) is 54.1 Å². The molecule has 0 radical (unpaired) electrons. The summed E-state index contributed by atoms with van der Waals surface area (Å²) in [6.07, 6.45) is 0. The number of rotatable bonds is 9. The van der Waals surface area contributed by atoms with E-state index in [2.05, 4.69) is 5.32 Å². The van der Waals surface area contributed by atoms with Gasteiger partial charge in [0.2, 0.25) is 15.9 Å². The number of carbonyl (C=O) groups is 1. The van der Waals surface area contributed by atoms with Crippen molar-refractivity contribution in [2.24, 2.45) is 0 Å². The fourth-order valence-electron chi connectivity index (χ4n) is 2.26. The Labute approximate surface area is 160 Å². The average molecular weight is 392 g/mol. The molecule has 0 atom stereocenters. The van der Waals surface area contributed by atoms with E-state index in [4.69, 9.17) is 9.47 Å². The number of aryl methyl sites for hydroxylation is 1. The number of hydrogen-bond donors (Lipinski definition) is 1. The van der Waals surface area contributed by atoms with Gasteiger partial charge in [-0.15, -0.1) is 0 Å². The number of likely N-dealkylation sites (N-methyl/N-ethyl adjacent to an activating group) is 1. The van der Waals surface area contributed by atoms with Gasteiger partial charge in [-0.25, -0.2) is 8.42 Å². The van der Waals surface area contributed by atoms with Crippen LogP contribution >= 0.6 is 0 Å². The number of methoxy groups -OCH3 is 1. The van der Waals surface area contributed by atoms with Crippen LogP contribution in [-0.4, -0.2) is 52.5 Å². The molecule has 8 heteroatoms. The molecule has 146 valence electrons. The fourth-order valence-corrected chi connectivity index (χ4v) is 3.39. The van der Waals surface area contributed by atoms with Crippen molar-refractivity contribution < 1.29 is 22.7 Å². The van der Waals surface area contributed by atoms with Crippen molar-refractivity contribution >= 4 is 15.9 Å². The normalized spacial score (nSPS) is 11.3. The predicted molar refractivity (Wildman–Crippen MR) is 102 cm³/mol. The molecule has 2 aromatic rings. The summed E-state index contributed by atoms with van der Waals surface area (Å²) in [4.78, 5) is 12.1. The molecule has 0 saturated heterocycles. The van der Waals surface area contributed by atoms with E-state index < -0.39 is 15.9 Å². The molecule has 7 nitrogen and oxygen atoms in total. The van der Waals surface area contributed by atoms with E-state index in [9.17, 15) is 13.2 Å². The van der Waals surface area contributed by atoms with Crippen LogP contribution in [0.2, 0.25) is 0 Å². The van der Waals surface area contributed by atoms with Crippen LogP contribution in [0.4, 0.5) is 0 Å². The number of hydrogen-bond acceptors (Lipinski definition) is 5. The summed E-state index contributed by atoms with van der Waals surface area (Å²) in [5.74, 6) is 0.990. The molecule has 0 aromatic heterocycles. The van der Waals surface area contributed by atoms with Crippen LogP contribution in [-0.2, 0) is 14.8 Å². The highest BCUT2D eigenvalue weighted by atomic mass is 32.2. The molecule has 0 bridgehead atoms.